The van der Waals surface area contributed by atoms with Gasteiger partial charge in [-0.25, -0.2) is 4.39 Å². The molecule has 0 aliphatic carbocycles. The second-order valence-electron chi connectivity index (χ2n) is 2.24. The lowest BCUT2D eigenvalue weighted by molar-refractivity contribution is 0.604. The van der Waals surface area contributed by atoms with E-state index in [1.54, 1.807) is 6.07 Å². The Balaban J connectivity index is 0.00000144. The Hall–Kier alpha value is -0.820. The van der Waals surface area contributed by atoms with Crippen molar-refractivity contribution in [3.63, 3.8) is 0 Å². The molecular formula is C8H7Cl2FN2. The maximum Gasteiger partial charge on any atom is 0.130 e. The van der Waals surface area contributed by atoms with Crippen LogP contribution in [0, 0.1) is 17.1 Å². The third-order valence-corrected chi connectivity index (χ3v) is 1.78. The van der Waals surface area contributed by atoms with Gasteiger partial charge in [-0.1, -0.05) is 17.7 Å². The van der Waals surface area contributed by atoms with E-state index in [0.29, 0.717) is 0 Å². The van der Waals surface area contributed by atoms with E-state index in [-0.39, 0.29) is 23.0 Å². The number of nitrogens with two attached hydrogens (primary N) is 1. The molecule has 0 aliphatic rings. The molecule has 0 heterocycles. The summed E-state index contributed by atoms with van der Waals surface area (Å²) in [7, 11) is 0. The van der Waals surface area contributed by atoms with Gasteiger partial charge in [0.25, 0.3) is 0 Å². The predicted octanol–water partition coefficient (Wildman–Crippen LogP) is 2.42. The quantitative estimate of drug-likeness (QED) is 0.791. The molecule has 0 fully saturated rings. The lowest BCUT2D eigenvalue weighted by atomic mass is 10.1. The lowest BCUT2D eigenvalue weighted by Crippen LogP contribution is -2.09. The van der Waals surface area contributed by atoms with Crippen molar-refractivity contribution in [1.29, 1.82) is 5.26 Å². The highest BCUT2D eigenvalue weighted by Crippen LogP contribution is 2.23. The fourth-order valence-electron chi connectivity index (χ4n) is 0.872. The standard InChI is InChI=1S/C8H6ClFN2.ClH/c9-5-2-1-3-6(10)8(5)7(12)4-11;/h1-3,7H,12H2;1H. The van der Waals surface area contributed by atoms with Gasteiger partial charge in [-0.3, -0.25) is 0 Å². The summed E-state index contributed by atoms with van der Waals surface area (Å²) in [6.45, 7) is 0. The zero-order chi connectivity index (χ0) is 9.14. The molecule has 0 spiro atoms. The zero-order valence-corrected chi connectivity index (χ0v) is 8.07. The van der Waals surface area contributed by atoms with Crippen LogP contribution in [0.1, 0.15) is 11.6 Å². The maximum atomic E-state index is 13.0. The minimum atomic E-state index is -1.00. The Morgan fingerprint density at radius 1 is 1.54 bits per heavy atom. The summed E-state index contributed by atoms with van der Waals surface area (Å²) in [6, 6.07) is 4.90. The molecule has 0 radical (unpaired) electrons. The molecule has 0 saturated carbocycles. The number of hydrogen-bond acceptors (Lipinski definition) is 2. The van der Waals surface area contributed by atoms with E-state index in [1.807, 2.05) is 0 Å². The van der Waals surface area contributed by atoms with Crippen LogP contribution in [-0.4, -0.2) is 0 Å². The first-order valence-electron chi connectivity index (χ1n) is 3.26. The van der Waals surface area contributed by atoms with Gasteiger partial charge in [0, 0.05) is 10.6 Å². The van der Waals surface area contributed by atoms with Gasteiger partial charge in [-0.2, -0.15) is 5.26 Å². The molecule has 2 nitrogen and oxygen atoms in total. The molecule has 0 amide bonds. The molecule has 70 valence electrons. The van der Waals surface area contributed by atoms with Gasteiger partial charge in [0.2, 0.25) is 0 Å². The Labute approximate surface area is 86.5 Å². The smallest absolute Gasteiger partial charge is 0.130 e. The van der Waals surface area contributed by atoms with Crippen LogP contribution in [-0.2, 0) is 0 Å². The molecule has 0 aliphatic heterocycles. The molecular weight excluding hydrogens is 214 g/mol. The Morgan fingerprint density at radius 3 is 2.62 bits per heavy atom. The van der Waals surface area contributed by atoms with Crippen LogP contribution in [0.25, 0.3) is 0 Å². The summed E-state index contributed by atoms with van der Waals surface area (Å²) in [6.07, 6.45) is 0. The summed E-state index contributed by atoms with van der Waals surface area (Å²) in [5, 5.41) is 8.62. The van der Waals surface area contributed by atoms with E-state index in [0.717, 1.165) is 0 Å². The predicted molar refractivity (Wildman–Crippen MR) is 51.2 cm³/mol. The number of nitriles is 1. The maximum absolute atomic E-state index is 13.0. The minimum Gasteiger partial charge on any atom is -0.312 e. The molecule has 13 heavy (non-hydrogen) atoms. The van der Waals surface area contributed by atoms with Crippen LogP contribution in [0.4, 0.5) is 4.39 Å². The number of benzene rings is 1. The third-order valence-electron chi connectivity index (χ3n) is 1.45. The van der Waals surface area contributed by atoms with E-state index >= 15 is 0 Å². The lowest BCUT2D eigenvalue weighted by Gasteiger charge is -2.05. The fraction of sp³-hybridized carbons (Fsp3) is 0.125. The van der Waals surface area contributed by atoms with Gasteiger partial charge in [-0.15, -0.1) is 12.4 Å². The molecule has 1 rings (SSSR count). The van der Waals surface area contributed by atoms with Gasteiger partial charge in [0.05, 0.1) is 6.07 Å². The Bertz CT molecular complexity index is 315. The normalized spacial score (nSPS) is 11.2. The van der Waals surface area contributed by atoms with Crippen molar-refractivity contribution >= 4 is 24.0 Å². The Kier molecular flexibility index (Phi) is 4.71. The van der Waals surface area contributed by atoms with Gasteiger partial charge in [0.15, 0.2) is 0 Å². The summed E-state index contributed by atoms with van der Waals surface area (Å²) >= 11 is 5.63. The molecule has 0 bridgehead atoms. The van der Waals surface area contributed by atoms with Crippen LogP contribution in [0.5, 0.6) is 0 Å². The highest BCUT2D eigenvalue weighted by molar-refractivity contribution is 6.31. The van der Waals surface area contributed by atoms with E-state index in [4.69, 9.17) is 22.6 Å². The summed E-state index contributed by atoms with van der Waals surface area (Å²) in [4.78, 5) is 0. The van der Waals surface area contributed by atoms with Crippen LogP contribution in [0.15, 0.2) is 18.2 Å². The minimum absolute atomic E-state index is 0. The average molecular weight is 221 g/mol. The first kappa shape index (κ1) is 12.2. The van der Waals surface area contributed by atoms with Crippen molar-refractivity contribution in [3.8, 4) is 6.07 Å². The second-order valence-corrected chi connectivity index (χ2v) is 2.65. The first-order valence-corrected chi connectivity index (χ1v) is 3.63. The van der Waals surface area contributed by atoms with Crippen molar-refractivity contribution in [1.82, 2.24) is 0 Å². The summed E-state index contributed by atoms with van der Waals surface area (Å²) < 4.78 is 13.0. The molecule has 5 heteroatoms. The van der Waals surface area contributed by atoms with Crippen molar-refractivity contribution < 1.29 is 4.39 Å². The van der Waals surface area contributed by atoms with Crippen molar-refractivity contribution in [3.05, 3.63) is 34.6 Å². The summed E-state index contributed by atoms with van der Waals surface area (Å²) in [5.74, 6) is -0.545. The van der Waals surface area contributed by atoms with E-state index in [9.17, 15) is 4.39 Å². The van der Waals surface area contributed by atoms with E-state index in [1.165, 1.54) is 18.2 Å². The zero-order valence-electron chi connectivity index (χ0n) is 6.50. The number of hydrogen-bond donors (Lipinski definition) is 1. The van der Waals surface area contributed by atoms with E-state index < -0.39 is 11.9 Å². The number of nitrogens with zero attached hydrogens (tertiary/aromatic N) is 1. The average Bonchev–Trinajstić information content (AvgIpc) is 2.03. The van der Waals surface area contributed by atoms with Crippen molar-refractivity contribution in [2.75, 3.05) is 0 Å². The van der Waals surface area contributed by atoms with Gasteiger partial charge in [-0.05, 0) is 12.1 Å². The number of halogens is 3. The van der Waals surface area contributed by atoms with Gasteiger partial charge < -0.3 is 5.73 Å². The van der Waals surface area contributed by atoms with Crippen LogP contribution >= 0.6 is 24.0 Å². The molecule has 0 aromatic heterocycles. The SMILES string of the molecule is Cl.N#CC(N)c1c(F)cccc1Cl. The van der Waals surface area contributed by atoms with Crippen LogP contribution in [0.3, 0.4) is 0 Å². The third kappa shape index (κ3) is 2.56. The topological polar surface area (TPSA) is 49.8 Å². The monoisotopic (exact) mass is 220 g/mol. The molecule has 1 atom stereocenters. The van der Waals surface area contributed by atoms with E-state index in [2.05, 4.69) is 0 Å². The molecule has 2 N–H and O–H groups in total. The molecule has 1 unspecified atom stereocenters. The van der Waals surface area contributed by atoms with Crippen molar-refractivity contribution in [2.24, 2.45) is 5.73 Å². The first-order chi connectivity index (χ1) is 5.66. The largest absolute Gasteiger partial charge is 0.312 e. The van der Waals surface area contributed by atoms with Crippen molar-refractivity contribution in [2.45, 2.75) is 6.04 Å². The molecule has 1 aromatic carbocycles. The fourth-order valence-corrected chi connectivity index (χ4v) is 1.15. The number of rotatable bonds is 1. The highest BCUT2D eigenvalue weighted by Gasteiger charge is 2.13. The van der Waals surface area contributed by atoms with Gasteiger partial charge in [0.1, 0.15) is 11.9 Å². The molecule has 0 saturated heterocycles. The van der Waals surface area contributed by atoms with Gasteiger partial charge >= 0.3 is 0 Å². The second kappa shape index (κ2) is 5.03. The van der Waals surface area contributed by atoms with Crippen LogP contribution < -0.4 is 5.73 Å². The summed E-state index contributed by atoms with van der Waals surface area (Å²) in [5.41, 5.74) is 5.37. The van der Waals surface area contributed by atoms with Crippen LogP contribution in [0.2, 0.25) is 5.02 Å². The molecule has 1 aromatic rings. The Morgan fingerprint density at radius 2 is 2.15 bits per heavy atom. The highest BCUT2D eigenvalue weighted by atomic mass is 35.5.